The van der Waals surface area contributed by atoms with Crippen molar-refractivity contribution < 1.29 is 0 Å². The lowest BCUT2D eigenvalue weighted by Crippen LogP contribution is -1.98. The molecule has 0 saturated carbocycles. The molecule has 2 nitrogen and oxygen atoms in total. The Kier molecular flexibility index (Phi) is 2.23. The van der Waals surface area contributed by atoms with E-state index < -0.39 is 0 Å². The molecule has 2 rings (SSSR count). The van der Waals surface area contributed by atoms with Gasteiger partial charge in [-0.25, -0.2) is 4.98 Å². The minimum absolute atomic E-state index is 0.00824. The Labute approximate surface area is 88.5 Å². The molecule has 1 atom stereocenters. The number of pyridine rings is 1. The summed E-state index contributed by atoms with van der Waals surface area (Å²) in [6.45, 7) is 6.04. The molecule has 2 heterocycles. The van der Waals surface area contributed by atoms with Gasteiger partial charge in [-0.3, -0.25) is 4.40 Å². The van der Waals surface area contributed by atoms with E-state index in [1.807, 2.05) is 26.0 Å². The van der Waals surface area contributed by atoms with Crippen LogP contribution < -0.4 is 0 Å². The number of fused-ring (bicyclic) bond motifs is 1. The van der Waals surface area contributed by atoms with Crippen molar-refractivity contribution in [1.82, 2.24) is 9.38 Å². The molecule has 0 aliphatic carbocycles. The lowest BCUT2D eigenvalue weighted by Gasteiger charge is -2.07. The first-order valence-corrected chi connectivity index (χ1v) is 5.13. The number of aryl methyl sites for hydroxylation is 2. The quantitative estimate of drug-likeness (QED) is 0.658. The fourth-order valence-corrected chi connectivity index (χ4v) is 2.12. The van der Waals surface area contributed by atoms with Crippen LogP contribution in [0.1, 0.15) is 29.4 Å². The molecule has 14 heavy (non-hydrogen) atoms. The smallest absolute Gasteiger partial charge is 0.137 e. The van der Waals surface area contributed by atoms with E-state index in [9.17, 15) is 0 Å². The van der Waals surface area contributed by atoms with Crippen molar-refractivity contribution in [2.45, 2.75) is 26.1 Å². The molecule has 0 amide bonds. The Balaban J connectivity index is 2.86. The summed E-state index contributed by atoms with van der Waals surface area (Å²) in [5.41, 5.74) is 4.26. The summed E-state index contributed by atoms with van der Waals surface area (Å²) >= 11 is 6.14. The number of halogens is 1. The summed E-state index contributed by atoms with van der Waals surface area (Å²) in [4.78, 5) is 4.47. The summed E-state index contributed by atoms with van der Waals surface area (Å²) in [5.74, 6) is 0. The number of alkyl halides is 1. The SMILES string of the molecule is Cc1nc2cccc(C)n2c1C(C)Cl. The first kappa shape index (κ1) is 9.53. The van der Waals surface area contributed by atoms with Crippen LogP contribution in [0.2, 0.25) is 0 Å². The third-order valence-corrected chi connectivity index (χ3v) is 2.64. The van der Waals surface area contributed by atoms with Gasteiger partial charge in [0.2, 0.25) is 0 Å². The molecule has 2 aromatic heterocycles. The van der Waals surface area contributed by atoms with Crippen LogP contribution in [0.4, 0.5) is 0 Å². The first-order chi connectivity index (χ1) is 6.61. The maximum absolute atomic E-state index is 6.14. The first-order valence-electron chi connectivity index (χ1n) is 4.70. The number of hydrogen-bond donors (Lipinski definition) is 0. The Morgan fingerprint density at radius 3 is 2.71 bits per heavy atom. The molecule has 0 fully saturated rings. The van der Waals surface area contributed by atoms with Gasteiger partial charge in [0, 0.05) is 5.69 Å². The lowest BCUT2D eigenvalue weighted by molar-refractivity contribution is 0.921. The van der Waals surface area contributed by atoms with Gasteiger partial charge >= 0.3 is 0 Å². The van der Waals surface area contributed by atoms with E-state index in [4.69, 9.17) is 11.6 Å². The van der Waals surface area contributed by atoms with Gasteiger partial charge < -0.3 is 0 Å². The van der Waals surface area contributed by atoms with Gasteiger partial charge in [-0.05, 0) is 32.9 Å². The normalized spacial score (nSPS) is 13.4. The molecular weight excluding hydrogens is 196 g/mol. The van der Waals surface area contributed by atoms with E-state index in [2.05, 4.69) is 22.4 Å². The lowest BCUT2D eigenvalue weighted by atomic mass is 10.2. The van der Waals surface area contributed by atoms with Gasteiger partial charge in [0.15, 0.2) is 0 Å². The van der Waals surface area contributed by atoms with E-state index >= 15 is 0 Å². The Bertz CT molecular complexity index is 471. The molecule has 0 saturated heterocycles. The number of hydrogen-bond acceptors (Lipinski definition) is 1. The maximum atomic E-state index is 6.14. The zero-order valence-electron chi connectivity index (χ0n) is 8.58. The van der Waals surface area contributed by atoms with Crippen LogP contribution in [0.3, 0.4) is 0 Å². The van der Waals surface area contributed by atoms with Gasteiger partial charge in [-0.15, -0.1) is 11.6 Å². The molecule has 0 N–H and O–H groups in total. The molecule has 0 aromatic carbocycles. The third-order valence-electron chi connectivity index (χ3n) is 2.44. The van der Waals surface area contributed by atoms with Crippen LogP contribution in [0, 0.1) is 13.8 Å². The van der Waals surface area contributed by atoms with E-state index in [0.29, 0.717) is 0 Å². The number of nitrogens with zero attached hydrogens (tertiary/aromatic N) is 2. The van der Waals surface area contributed by atoms with Gasteiger partial charge in [0.1, 0.15) is 5.65 Å². The average molecular weight is 209 g/mol. The molecule has 74 valence electrons. The van der Waals surface area contributed by atoms with Crippen LogP contribution in [0.5, 0.6) is 0 Å². The van der Waals surface area contributed by atoms with Gasteiger partial charge in [-0.2, -0.15) is 0 Å². The third kappa shape index (κ3) is 1.30. The highest BCUT2D eigenvalue weighted by atomic mass is 35.5. The summed E-state index contributed by atoms with van der Waals surface area (Å²) in [7, 11) is 0. The largest absolute Gasteiger partial charge is 0.300 e. The molecule has 1 unspecified atom stereocenters. The van der Waals surface area contributed by atoms with Crippen molar-refractivity contribution in [1.29, 1.82) is 0 Å². The second-order valence-corrected chi connectivity index (χ2v) is 4.21. The van der Waals surface area contributed by atoms with Crippen molar-refractivity contribution in [3.63, 3.8) is 0 Å². The zero-order valence-corrected chi connectivity index (χ0v) is 9.34. The van der Waals surface area contributed by atoms with E-state index in [1.165, 1.54) is 5.69 Å². The Morgan fingerprint density at radius 1 is 1.36 bits per heavy atom. The van der Waals surface area contributed by atoms with Crippen LogP contribution >= 0.6 is 11.6 Å². The van der Waals surface area contributed by atoms with Crippen molar-refractivity contribution in [2.24, 2.45) is 0 Å². The highest BCUT2D eigenvalue weighted by molar-refractivity contribution is 6.20. The van der Waals surface area contributed by atoms with Crippen molar-refractivity contribution in [2.75, 3.05) is 0 Å². The average Bonchev–Trinajstić information content (AvgIpc) is 2.42. The second-order valence-electron chi connectivity index (χ2n) is 3.56. The van der Waals surface area contributed by atoms with Gasteiger partial charge in [0.25, 0.3) is 0 Å². The summed E-state index contributed by atoms with van der Waals surface area (Å²) in [6, 6.07) is 6.08. The van der Waals surface area contributed by atoms with E-state index in [-0.39, 0.29) is 5.38 Å². The standard InChI is InChI=1S/C11H13ClN2/c1-7-5-4-6-10-13-9(3)11(8(2)12)14(7)10/h4-6,8H,1-3H3. The van der Waals surface area contributed by atoms with Crippen molar-refractivity contribution in [3.05, 3.63) is 35.3 Å². The van der Waals surface area contributed by atoms with Crippen molar-refractivity contribution in [3.8, 4) is 0 Å². The van der Waals surface area contributed by atoms with E-state index in [0.717, 1.165) is 17.0 Å². The van der Waals surface area contributed by atoms with Crippen LogP contribution in [0.25, 0.3) is 5.65 Å². The highest BCUT2D eigenvalue weighted by Gasteiger charge is 2.13. The fraction of sp³-hybridized carbons (Fsp3) is 0.364. The van der Waals surface area contributed by atoms with Crippen LogP contribution in [-0.4, -0.2) is 9.38 Å². The van der Waals surface area contributed by atoms with Gasteiger partial charge in [0.05, 0.1) is 16.8 Å². The molecule has 0 spiro atoms. The topological polar surface area (TPSA) is 17.3 Å². The van der Waals surface area contributed by atoms with Crippen molar-refractivity contribution >= 4 is 17.2 Å². The minimum Gasteiger partial charge on any atom is -0.300 e. The number of imidazole rings is 1. The maximum Gasteiger partial charge on any atom is 0.137 e. The highest BCUT2D eigenvalue weighted by Crippen LogP contribution is 2.25. The monoisotopic (exact) mass is 208 g/mol. The van der Waals surface area contributed by atoms with E-state index in [1.54, 1.807) is 0 Å². The fourth-order valence-electron chi connectivity index (χ4n) is 1.86. The van der Waals surface area contributed by atoms with Gasteiger partial charge in [-0.1, -0.05) is 6.07 Å². The molecule has 0 aliphatic heterocycles. The van der Waals surface area contributed by atoms with Crippen LogP contribution in [-0.2, 0) is 0 Å². The number of rotatable bonds is 1. The molecule has 0 radical (unpaired) electrons. The second kappa shape index (κ2) is 3.28. The summed E-state index contributed by atoms with van der Waals surface area (Å²) in [5, 5.41) is -0.00824. The molecule has 2 aromatic rings. The molecule has 0 aliphatic rings. The Morgan fingerprint density at radius 2 is 2.07 bits per heavy atom. The minimum atomic E-state index is -0.00824. The molecule has 0 bridgehead atoms. The molecule has 3 heteroatoms. The molecular formula is C11H13ClN2. The Hall–Kier alpha value is -1.02. The predicted molar refractivity (Wildman–Crippen MR) is 58.9 cm³/mol. The van der Waals surface area contributed by atoms with Crippen LogP contribution in [0.15, 0.2) is 18.2 Å². The zero-order chi connectivity index (χ0) is 10.3. The predicted octanol–water partition coefficient (Wildman–Crippen LogP) is 3.25. The summed E-state index contributed by atoms with van der Waals surface area (Å²) < 4.78 is 2.12. The number of aromatic nitrogens is 2. The summed E-state index contributed by atoms with van der Waals surface area (Å²) in [6.07, 6.45) is 0.